The number of benzene rings is 1. The highest BCUT2D eigenvalue weighted by atomic mass is 32.1. The average Bonchev–Trinajstić information content (AvgIpc) is 3.32. The third kappa shape index (κ3) is 5.59. The van der Waals surface area contributed by atoms with Gasteiger partial charge in [-0.25, -0.2) is 0 Å². The first kappa shape index (κ1) is 24.5. The molecule has 6 heteroatoms. The van der Waals surface area contributed by atoms with Crippen LogP contribution in [0.25, 0.3) is 0 Å². The van der Waals surface area contributed by atoms with Crippen LogP contribution in [0.15, 0.2) is 41.8 Å². The van der Waals surface area contributed by atoms with Gasteiger partial charge in [0.05, 0.1) is 12.0 Å². The molecule has 0 fully saturated rings. The lowest BCUT2D eigenvalue weighted by Crippen LogP contribution is -2.49. The molecule has 2 atom stereocenters. The molecule has 1 aromatic carbocycles. The molecule has 1 aliphatic rings. The topological polar surface area (TPSA) is 52.7 Å². The zero-order valence-corrected chi connectivity index (χ0v) is 20.7. The maximum atomic E-state index is 13.6. The Labute approximate surface area is 196 Å². The van der Waals surface area contributed by atoms with Crippen molar-refractivity contribution in [2.75, 3.05) is 32.7 Å². The van der Waals surface area contributed by atoms with Crippen LogP contribution in [0.3, 0.4) is 0 Å². The minimum Gasteiger partial charge on any atom is -0.354 e. The van der Waals surface area contributed by atoms with Gasteiger partial charge in [-0.2, -0.15) is 0 Å². The Hall–Kier alpha value is -2.18. The molecule has 174 valence electrons. The highest BCUT2D eigenvalue weighted by molar-refractivity contribution is 7.10. The van der Waals surface area contributed by atoms with Gasteiger partial charge in [-0.15, -0.1) is 11.3 Å². The summed E-state index contributed by atoms with van der Waals surface area (Å²) in [4.78, 5) is 32.4. The number of nitrogens with one attached hydrogen (secondary N) is 1. The normalized spacial score (nSPS) is 18.3. The quantitative estimate of drug-likeness (QED) is 0.523. The van der Waals surface area contributed by atoms with Gasteiger partial charge in [0.1, 0.15) is 0 Å². The molecule has 0 saturated heterocycles. The van der Waals surface area contributed by atoms with Crippen LogP contribution in [0.4, 0.5) is 0 Å². The summed E-state index contributed by atoms with van der Waals surface area (Å²) < 4.78 is 0. The van der Waals surface area contributed by atoms with Crippen LogP contribution >= 0.6 is 11.3 Å². The van der Waals surface area contributed by atoms with Crippen LogP contribution in [0.1, 0.15) is 73.3 Å². The molecule has 1 N–H and O–H groups in total. The van der Waals surface area contributed by atoms with E-state index in [1.165, 1.54) is 12.8 Å². The number of hydrogen-bond donors (Lipinski definition) is 1. The SMILES string of the molecule is CCCCN(CC)CCNC(=O)[C@H]1c2ccccc2C(=O)N(CC(C)C)[C@@H]1c1cccs1. The van der Waals surface area contributed by atoms with E-state index in [1.807, 2.05) is 46.7 Å². The number of likely N-dealkylation sites (N-methyl/N-ethyl adjacent to an activating group) is 1. The molecule has 0 unspecified atom stereocenters. The van der Waals surface area contributed by atoms with Crippen molar-refractivity contribution in [1.29, 1.82) is 0 Å². The second kappa shape index (κ2) is 11.6. The third-order valence-corrected chi connectivity index (χ3v) is 7.06. The smallest absolute Gasteiger partial charge is 0.254 e. The van der Waals surface area contributed by atoms with E-state index in [0.29, 0.717) is 24.6 Å². The van der Waals surface area contributed by atoms with Crippen molar-refractivity contribution in [2.24, 2.45) is 5.92 Å². The molecule has 1 aliphatic heterocycles. The zero-order chi connectivity index (χ0) is 23.1. The number of carbonyl (C=O) groups is 2. The second-order valence-electron chi connectivity index (χ2n) is 8.96. The summed E-state index contributed by atoms with van der Waals surface area (Å²) in [7, 11) is 0. The average molecular weight is 456 g/mol. The summed E-state index contributed by atoms with van der Waals surface area (Å²) in [5, 5.41) is 5.22. The Balaban J connectivity index is 1.88. The van der Waals surface area contributed by atoms with Gasteiger partial charge in [-0.05, 0) is 48.5 Å². The molecule has 0 aliphatic carbocycles. The van der Waals surface area contributed by atoms with Crippen molar-refractivity contribution in [3.63, 3.8) is 0 Å². The van der Waals surface area contributed by atoms with E-state index in [-0.39, 0.29) is 17.9 Å². The largest absolute Gasteiger partial charge is 0.354 e. The molecule has 0 spiro atoms. The Morgan fingerprint density at radius 2 is 1.94 bits per heavy atom. The molecule has 2 heterocycles. The predicted molar refractivity (Wildman–Crippen MR) is 132 cm³/mol. The Morgan fingerprint density at radius 3 is 2.59 bits per heavy atom. The highest BCUT2D eigenvalue weighted by Gasteiger charge is 2.44. The second-order valence-corrected chi connectivity index (χ2v) is 9.93. The predicted octanol–water partition coefficient (Wildman–Crippen LogP) is 4.92. The van der Waals surface area contributed by atoms with Gasteiger partial charge >= 0.3 is 0 Å². The highest BCUT2D eigenvalue weighted by Crippen LogP contribution is 2.44. The van der Waals surface area contributed by atoms with Crippen molar-refractivity contribution in [3.8, 4) is 0 Å². The van der Waals surface area contributed by atoms with E-state index >= 15 is 0 Å². The summed E-state index contributed by atoms with van der Waals surface area (Å²) in [5.74, 6) is -0.0730. The van der Waals surface area contributed by atoms with Crippen LogP contribution in [-0.2, 0) is 4.79 Å². The molecule has 0 saturated carbocycles. The van der Waals surface area contributed by atoms with Gasteiger partial charge in [0.2, 0.25) is 5.91 Å². The Kier molecular flexibility index (Phi) is 8.88. The van der Waals surface area contributed by atoms with Gasteiger partial charge in [-0.1, -0.05) is 58.4 Å². The molecule has 0 radical (unpaired) electrons. The zero-order valence-electron chi connectivity index (χ0n) is 19.8. The fourth-order valence-corrected chi connectivity index (χ4v) is 5.38. The first-order chi connectivity index (χ1) is 15.5. The first-order valence-electron chi connectivity index (χ1n) is 11.9. The van der Waals surface area contributed by atoms with Crippen molar-refractivity contribution in [1.82, 2.24) is 15.1 Å². The van der Waals surface area contributed by atoms with Crippen molar-refractivity contribution in [3.05, 3.63) is 57.8 Å². The van der Waals surface area contributed by atoms with E-state index in [0.717, 1.165) is 30.1 Å². The molecule has 1 aromatic heterocycles. The lowest BCUT2D eigenvalue weighted by atomic mass is 9.81. The molecular weight excluding hydrogens is 418 g/mol. The number of unbranched alkanes of at least 4 members (excludes halogenated alkanes) is 1. The summed E-state index contributed by atoms with van der Waals surface area (Å²) in [6.07, 6.45) is 2.34. The van der Waals surface area contributed by atoms with Crippen molar-refractivity contribution >= 4 is 23.2 Å². The molecule has 3 rings (SSSR count). The van der Waals surface area contributed by atoms with E-state index in [1.54, 1.807) is 11.3 Å². The van der Waals surface area contributed by atoms with E-state index in [9.17, 15) is 9.59 Å². The van der Waals surface area contributed by atoms with E-state index < -0.39 is 5.92 Å². The fourth-order valence-electron chi connectivity index (χ4n) is 4.50. The number of amides is 2. The maximum absolute atomic E-state index is 13.6. The molecule has 5 nitrogen and oxygen atoms in total. The number of thiophene rings is 1. The van der Waals surface area contributed by atoms with Gasteiger partial charge in [-0.3, -0.25) is 9.59 Å². The monoisotopic (exact) mass is 455 g/mol. The number of hydrogen-bond acceptors (Lipinski definition) is 4. The number of carbonyl (C=O) groups excluding carboxylic acids is 2. The number of nitrogens with zero attached hydrogens (tertiary/aromatic N) is 2. The summed E-state index contributed by atoms with van der Waals surface area (Å²) >= 11 is 1.62. The van der Waals surface area contributed by atoms with Crippen LogP contribution in [0.5, 0.6) is 0 Å². The van der Waals surface area contributed by atoms with Crippen LogP contribution in [0, 0.1) is 5.92 Å². The minimum atomic E-state index is -0.410. The summed E-state index contributed by atoms with van der Waals surface area (Å²) in [6, 6.07) is 11.4. The number of rotatable bonds is 11. The Bertz CT molecular complexity index is 881. The van der Waals surface area contributed by atoms with E-state index in [4.69, 9.17) is 0 Å². The van der Waals surface area contributed by atoms with Gasteiger partial charge in [0.15, 0.2) is 0 Å². The lowest BCUT2D eigenvalue weighted by Gasteiger charge is -2.42. The van der Waals surface area contributed by atoms with Crippen molar-refractivity contribution < 1.29 is 9.59 Å². The van der Waals surface area contributed by atoms with Gasteiger partial charge in [0.25, 0.3) is 5.91 Å². The summed E-state index contributed by atoms with van der Waals surface area (Å²) in [5.41, 5.74) is 1.49. The van der Waals surface area contributed by atoms with E-state index in [2.05, 4.69) is 37.9 Å². The Morgan fingerprint density at radius 1 is 1.16 bits per heavy atom. The molecule has 2 aromatic rings. The summed E-state index contributed by atoms with van der Waals surface area (Å²) in [6.45, 7) is 12.7. The number of fused-ring (bicyclic) bond motifs is 1. The maximum Gasteiger partial charge on any atom is 0.254 e. The standard InChI is InChI=1S/C26H37N3O2S/c1-5-7-15-28(6-2)16-14-27-25(30)23-20-11-8-9-12-21(20)26(31)29(18-19(3)4)24(23)22-13-10-17-32-22/h8-13,17,19,23-24H,5-7,14-16,18H2,1-4H3,(H,27,30)/t23-,24+/m0/s1. The van der Waals surface area contributed by atoms with Crippen molar-refractivity contribution in [2.45, 2.75) is 52.5 Å². The first-order valence-corrected chi connectivity index (χ1v) is 12.8. The van der Waals surface area contributed by atoms with Gasteiger partial charge < -0.3 is 15.1 Å². The molecule has 32 heavy (non-hydrogen) atoms. The lowest BCUT2D eigenvalue weighted by molar-refractivity contribution is -0.124. The molecular formula is C26H37N3O2S. The van der Waals surface area contributed by atoms with Crippen LogP contribution in [0.2, 0.25) is 0 Å². The third-order valence-electron chi connectivity index (χ3n) is 6.12. The molecule has 2 amide bonds. The van der Waals surface area contributed by atoms with Crippen LogP contribution in [-0.4, -0.2) is 54.3 Å². The molecule has 0 bridgehead atoms. The van der Waals surface area contributed by atoms with Crippen LogP contribution < -0.4 is 5.32 Å². The fraction of sp³-hybridized carbons (Fsp3) is 0.538. The van der Waals surface area contributed by atoms with Gasteiger partial charge in [0, 0.05) is 30.1 Å². The minimum absolute atomic E-state index is 0.00338.